The van der Waals surface area contributed by atoms with Gasteiger partial charge in [0, 0.05) is 18.6 Å². The van der Waals surface area contributed by atoms with Gasteiger partial charge < -0.3 is 4.98 Å². The van der Waals surface area contributed by atoms with Gasteiger partial charge in [-0.05, 0) is 18.6 Å². The summed E-state index contributed by atoms with van der Waals surface area (Å²) in [5.74, 6) is 0.995. The molecule has 3 rings (SSSR count). The van der Waals surface area contributed by atoms with Crippen LogP contribution in [0.3, 0.4) is 0 Å². The highest BCUT2D eigenvalue weighted by atomic mass is 19.1. The second-order valence-electron chi connectivity index (χ2n) is 3.59. The van der Waals surface area contributed by atoms with Crippen molar-refractivity contribution < 1.29 is 4.39 Å². The zero-order valence-corrected chi connectivity index (χ0v) is 8.61. The lowest BCUT2D eigenvalue weighted by atomic mass is 10.2. The molecule has 0 saturated carbocycles. The number of imidazole rings is 2. The largest absolute Gasteiger partial charge is 0.342 e. The van der Waals surface area contributed by atoms with Crippen LogP contribution in [0, 0.1) is 12.7 Å². The highest BCUT2D eigenvalue weighted by Crippen LogP contribution is 2.19. The van der Waals surface area contributed by atoms with E-state index >= 15 is 0 Å². The van der Waals surface area contributed by atoms with E-state index in [1.807, 2.05) is 0 Å². The lowest BCUT2D eigenvalue weighted by Gasteiger charge is -2.01. The van der Waals surface area contributed by atoms with Gasteiger partial charge >= 0.3 is 0 Å². The van der Waals surface area contributed by atoms with Crippen molar-refractivity contribution in [2.45, 2.75) is 6.92 Å². The molecule has 1 N–H and O–H groups in total. The number of rotatable bonds is 1. The third kappa shape index (κ3) is 1.14. The molecule has 0 aliphatic heterocycles. The number of fused-ring (bicyclic) bond motifs is 1. The highest BCUT2D eigenvalue weighted by Gasteiger charge is 2.11. The minimum atomic E-state index is -0.243. The third-order valence-corrected chi connectivity index (χ3v) is 2.55. The van der Waals surface area contributed by atoms with Crippen LogP contribution in [0.5, 0.6) is 0 Å². The van der Waals surface area contributed by atoms with E-state index < -0.39 is 0 Å². The molecular weight excluding hydrogens is 207 g/mol. The number of aromatic amines is 1. The lowest BCUT2D eigenvalue weighted by Crippen LogP contribution is -1.94. The summed E-state index contributed by atoms with van der Waals surface area (Å²) in [4.78, 5) is 11.2. The molecule has 0 radical (unpaired) electrons. The zero-order valence-electron chi connectivity index (χ0n) is 8.61. The third-order valence-electron chi connectivity index (χ3n) is 2.55. The number of halogens is 1. The maximum Gasteiger partial charge on any atom is 0.180 e. The second kappa shape index (κ2) is 3.16. The van der Waals surface area contributed by atoms with Crippen LogP contribution in [0.1, 0.15) is 5.56 Å². The van der Waals surface area contributed by atoms with Crippen LogP contribution in [0.15, 0.2) is 30.9 Å². The van der Waals surface area contributed by atoms with Crippen LogP contribution < -0.4 is 0 Å². The molecule has 16 heavy (non-hydrogen) atoms. The van der Waals surface area contributed by atoms with Gasteiger partial charge in [-0.15, -0.1) is 0 Å². The summed E-state index contributed by atoms with van der Waals surface area (Å²) < 4.78 is 15.4. The fraction of sp³-hybridized carbons (Fsp3) is 0.0909. The topological polar surface area (TPSA) is 46.0 Å². The fourth-order valence-corrected chi connectivity index (χ4v) is 1.70. The van der Waals surface area contributed by atoms with Crippen LogP contribution in [-0.2, 0) is 0 Å². The average molecular weight is 216 g/mol. The van der Waals surface area contributed by atoms with Crippen LogP contribution >= 0.6 is 0 Å². The average Bonchev–Trinajstić information content (AvgIpc) is 2.91. The summed E-state index contributed by atoms with van der Waals surface area (Å²) in [5, 5.41) is 0. The number of H-pyrrole nitrogens is 1. The fourth-order valence-electron chi connectivity index (χ4n) is 1.70. The van der Waals surface area contributed by atoms with Crippen molar-refractivity contribution >= 4 is 5.52 Å². The minimum Gasteiger partial charge on any atom is -0.342 e. The van der Waals surface area contributed by atoms with Gasteiger partial charge in [0.2, 0.25) is 0 Å². The Hall–Kier alpha value is -2.17. The van der Waals surface area contributed by atoms with Crippen molar-refractivity contribution in [1.82, 2.24) is 19.4 Å². The summed E-state index contributed by atoms with van der Waals surface area (Å²) in [6.07, 6.45) is 6.65. The van der Waals surface area contributed by atoms with Crippen LogP contribution in [-0.4, -0.2) is 19.4 Å². The molecule has 0 saturated heterocycles. The zero-order chi connectivity index (χ0) is 11.1. The number of hydrogen-bond donors (Lipinski definition) is 1. The Morgan fingerprint density at radius 1 is 1.38 bits per heavy atom. The molecule has 0 bridgehead atoms. The van der Waals surface area contributed by atoms with Gasteiger partial charge in [0.05, 0.1) is 6.20 Å². The maximum atomic E-state index is 13.8. The molecule has 0 amide bonds. The number of nitrogens with one attached hydrogen (secondary N) is 1. The van der Waals surface area contributed by atoms with Crippen LogP contribution in [0.2, 0.25) is 0 Å². The van der Waals surface area contributed by atoms with E-state index in [9.17, 15) is 4.39 Å². The first-order valence-electron chi connectivity index (χ1n) is 4.89. The van der Waals surface area contributed by atoms with Crippen molar-refractivity contribution in [2.24, 2.45) is 0 Å². The number of aryl methyl sites for hydroxylation is 1. The predicted octanol–water partition coefficient (Wildman–Crippen LogP) is 2.17. The lowest BCUT2D eigenvalue weighted by molar-refractivity contribution is 0.624. The molecule has 0 unspecified atom stereocenters. The Labute approximate surface area is 90.8 Å². The van der Waals surface area contributed by atoms with Crippen LogP contribution in [0.25, 0.3) is 17.2 Å². The monoisotopic (exact) mass is 216 g/mol. The molecule has 80 valence electrons. The normalized spacial score (nSPS) is 11.1. The van der Waals surface area contributed by atoms with E-state index in [2.05, 4.69) is 15.0 Å². The van der Waals surface area contributed by atoms with E-state index in [1.165, 1.54) is 6.20 Å². The number of pyridine rings is 1. The van der Waals surface area contributed by atoms with Gasteiger partial charge in [0.15, 0.2) is 17.5 Å². The first-order chi connectivity index (χ1) is 7.77. The van der Waals surface area contributed by atoms with Gasteiger partial charge in [-0.1, -0.05) is 0 Å². The maximum absolute atomic E-state index is 13.8. The second-order valence-corrected chi connectivity index (χ2v) is 3.59. The van der Waals surface area contributed by atoms with Crippen molar-refractivity contribution in [2.75, 3.05) is 0 Å². The Kier molecular flexibility index (Phi) is 1.80. The SMILES string of the molecule is Cc1ccn2c(-c3ncc[nH]3)ncc2c1F. The molecule has 3 aromatic rings. The summed E-state index contributed by atoms with van der Waals surface area (Å²) >= 11 is 0. The molecule has 3 aromatic heterocycles. The molecule has 3 heterocycles. The van der Waals surface area contributed by atoms with E-state index in [0.717, 1.165) is 0 Å². The van der Waals surface area contributed by atoms with Crippen molar-refractivity contribution in [3.63, 3.8) is 0 Å². The number of nitrogens with zero attached hydrogens (tertiary/aromatic N) is 3. The Morgan fingerprint density at radius 2 is 2.25 bits per heavy atom. The van der Waals surface area contributed by atoms with Crippen molar-refractivity contribution in [3.05, 3.63) is 42.2 Å². The molecule has 4 nitrogen and oxygen atoms in total. The van der Waals surface area contributed by atoms with E-state index in [-0.39, 0.29) is 5.82 Å². The summed E-state index contributed by atoms with van der Waals surface area (Å²) in [7, 11) is 0. The van der Waals surface area contributed by atoms with Gasteiger partial charge in [-0.2, -0.15) is 0 Å². The molecular formula is C11H9FN4. The smallest absolute Gasteiger partial charge is 0.180 e. The van der Waals surface area contributed by atoms with Gasteiger partial charge in [0.25, 0.3) is 0 Å². The van der Waals surface area contributed by atoms with Gasteiger partial charge in [-0.25, -0.2) is 14.4 Å². The predicted molar refractivity (Wildman–Crippen MR) is 57.5 cm³/mol. The summed E-state index contributed by atoms with van der Waals surface area (Å²) in [6.45, 7) is 1.73. The summed E-state index contributed by atoms with van der Waals surface area (Å²) in [5.41, 5.74) is 1.07. The van der Waals surface area contributed by atoms with E-state index in [4.69, 9.17) is 0 Å². The van der Waals surface area contributed by atoms with Gasteiger partial charge in [-0.3, -0.25) is 4.40 Å². The molecule has 0 aliphatic carbocycles. The molecule has 0 aliphatic rings. The quantitative estimate of drug-likeness (QED) is 0.677. The highest BCUT2D eigenvalue weighted by molar-refractivity contribution is 5.58. The van der Waals surface area contributed by atoms with Crippen LogP contribution in [0.4, 0.5) is 4.39 Å². The Bertz CT molecular complexity index is 639. The molecule has 5 heteroatoms. The van der Waals surface area contributed by atoms with Gasteiger partial charge in [0.1, 0.15) is 5.52 Å². The van der Waals surface area contributed by atoms with E-state index in [1.54, 1.807) is 36.0 Å². The standard InChI is InChI=1S/C11H9FN4/c1-7-2-5-16-8(9(7)12)6-15-11(16)10-13-3-4-14-10/h2-6H,1H3,(H,13,14). The van der Waals surface area contributed by atoms with E-state index in [0.29, 0.717) is 22.7 Å². The number of hydrogen-bond acceptors (Lipinski definition) is 2. The molecule has 0 spiro atoms. The molecule has 0 atom stereocenters. The number of aromatic nitrogens is 4. The first-order valence-corrected chi connectivity index (χ1v) is 4.89. The summed E-state index contributed by atoms with van der Waals surface area (Å²) in [6, 6.07) is 1.72. The Balaban J connectivity index is 2.34. The Morgan fingerprint density at radius 3 is 3.00 bits per heavy atom. The molecule has 0 aromatic carbocycles. The van der Waals surface area contributed by atoms with Crippen molar-refractivity contribution in [1.29, 1.82) is 0 Å². The minimum absolute atomic E-state index is 0.243. The molecule has 0 fully saturated rings. The van der Waals surface area contributed by atoms with Crippen molar-refractivity contribution in [3.8, 4) is 11.6 Å². The first kappa shape index (κ1) is 9.08.